The van der Waals surface area contributed by atoms with Crippen molar-refractivity contribution in [3.63, 3.8) is 0 Å². The van der Waals surface area contributed by atoms with Crippen LogP contribution in [0.3, 0.4) is 0 Å². The Balaban J connectivity index is 2.25. The highest BCUT2D eigenvalue weighted by Gasteiger charge is 2.28. The van der Waals surface area contributed by atoms with Gasteiger partial charge in [0.25, 0.3) is 0 Å². The fourth-order valence-corrected chi connectivity index (χ4v) is 2.75. The van der Waals surface area contributed by atoms with E-state index in [-0.39, 0.29) is 5.92 Å². The van der Waals surface area contributed by atoms with E-state index in [0.717, 1.165) is 11.1 Å². The number of hydrogen-bond donors (Lipinski definition) is 1. The maximum absolute atomic E-state index is 11.7. The molecule has 22 heavy (non-hydrogen) atoms. The summed E-state index contributed by atoms with van der Waals surface area (Å²) in [5.74, 6) is -0.716. The normalized spacial score (nSPS) is 12.5. The van der Waals surface area contributed by atoms with Gasteiger partial charge in [0.1, 0.15) is 6.04 Å². The van der Waals surface area contributed by atoms with Crippen LogP contribution in [0.2, 0.25) is 0 Å². The maximum Gasteiger partial charge on any atom is 0.321 e. The average molecular weight is 297 g/mol. The predicted molar refractivity (Wildman–Crippen MR) is 88.4 cm³/mol. The lowest BCUT2D eigenvalue weighted by atomic mass is 10.0. The molecule has 1 N–H and O–H groups in total. The zero-order valence-corrected chi connectivity index (χ0v) is 13.1. The number of carbonyl (C=O) groups is 1. The average Bonchev–Trinajstić information content (AvgIpc) is 2.48. The topological polar surface area (TPSA) is 40.5 Å². The summed E-state index contributed by atoms with van der Waals surface area (Å²) < 4.78 is 0. The molecule has 2 rings (SSSR count). The van der Waals surface area contributed by atoms with Crippen molar-refractivity contribution < 1.29 is 9.90 Å². The van der Waals surface area contributed by atoms with Gasteiger partial charge in [-0.25, -0.2) is 0 Å². The van der Waals surface area contributed by atoms with Crippen molar-refractivity contribution >= 4 is 5.97 Å². The van der Waals surface area contributed by atoms with Crippen molar-refractivity contribution in [3.05, 3.63) is 71.8 Å². The molecule has 0 radical (unpaired) electrons. The Hall–Kier alpha value is -2.13. The third-order valence-electron chi connectivity index (χ3n) is 3.73. The second-order valence-corrected chi connectivity index (χ2v) is 5.90. The molecule has 3 heteroatoms. The Morgan fingerprint density at radius 3 is 1.64 bits per heavy atom. The summed E-state index contributed by atoms with van der Waals surface area (Å²) in [7, 11) is 0. The molecular weight excluding hydrogens is 274 g/mol. The second kappa shape index (κ2) is 7.76. The Kier molecular flexibility index (Phi) is 5.73. The molecule has 0 fully saturated rings. The zero-order chi connectivity index (χ0) is 15.9. The quantitative estimate of drug-likeness (QED) is 0.845. The molecule has 0 unspecified atom stereocenters. The van der Waals surface area contributed by atoms with Crippen molar-refractivity contribution in [1.29, 1.82) is 0 Å². The molecule has 3 nitrogen and oxygen atoms in total. The minimum Gasteiger partial charge on any atom is -0.480 e. The number of carboxylic acid groups (broad SMARTS) is 1. The Morgan fingerprint density at radius 2 is 1.32 bits per heavy atom. The molecule has 0 bridgehead atoms. The van der Waals surface area contributed by atoms with Crippen LogP contribution in [0.5, 0.6) is 0 Å². The van der Waals surface area contributed by atoms with Gasteiger partial charge >= 0.3 is 5.97 Å². The third-order valence-corrected chi connectivity index (χ3v) is 3.73. The molecule has 0 spiro atoms. The van der Waals surface area contributed by atoms with E-state index in [0.29, 0.717) is 13.1 Å². The van der Waals surface area contributed by atoms with Crippen LogP contribution < -0.4 is 0 Å². The van der Waals surface area contributed by atoms with Gasteiger partial charge in [0.05, 0.1) is 0 Å². The molecule has 2 aromatic rings. The Morgan fingerprint density at radius 1 is 0.909 bits per heavy atom. The molecule has 1 atom stereocenters. The highest BCUT2D eigenvalue weighted by Crippen LogP contribution is 2.18. The molecule has 0 saturated heterocycles. The number of nitrogens with zero attached hydrogens (tertiary/aromatic N) is 1. The van der Waals surface area contributed by atoms with E-state index in [9.17, 15) is 9.90 Å². The minimum absolute atomic E-state index is 0.0462. The number of hydrogen-bond acceptors (Lipinski definition) is 2. The monoisotopic (exact) mass is 297 g/mol. The molecule has 0 saturated carbocycles. The van der Waals surface area contributed by atoms with Crippen LogP contribution in [0.4, 0.5) is 0 Å². The van der Waals surface area contributed by atoms with Crippen molar-refractivity contribution in [2.45, 2.75) is 33.0 Å². The first-order valence-electron chi connectivity index (χ1n) is 7.62. The first-order chi connectivity index (χ1) is 10.6. The molecule has 0 aliphatic rings. The lowest BCUT2D eigenvalue weighted by molar-refractivity contribution is -0.145. The van der Waals surface area contributed by atoms with Gasteiger partial charge in [-0.1, -0.05) is 74.5 Å². The first kappa shape index (κ1) is 16.2. The Labute approximate surface area is 132 Å². The van der Waals surface area contributed by atoms with Gasteiger partial charge in [-0.3, -0.25) is 9.69 Å². The number of carboxylic acids is 1. The summed E-state index contributed by atoms with van der Waals surface area (Å²) in [6, 6.07) is 19.6. The lowest BCUT2D eigenvalue weighted by Gasteiger charge is -2.31. The van der Waals surface area contributed by atoms with Crippen LogP contribution >= 0.6 is 0 Å². The molecule has 0 amide bonds. The van der Waals surface area contributed by atoms with Crippen LogP contribution in [0.25, 0.3) is 0 Å². The molecular formula is C19H23NO2. The van der Waals surface area contributed by atoms with Gasteiger partial charge in [0.2, 0.25) is 0 Å². The van der Waals surface area contributed by atoms with Crippen molar-refractivity contribution in [3.8, 4) is 0 Å². The second-order valence-electron chi connectivity index (χ2n) is 5.90. The molecule has 0 aliphatic carbocycles. The SMILES string of the molecule is CC(C)[C@@H](C(=O)O)N(Cc1ccccc1)Cc1ccccc1. The number of aliphatic carboxylic acids is 1. The number of benzene rings is 2. The molecule has 0 heterocycles. The van der Waals surface area contributed by atoms with E-state index in [1.807, 2.05) is 79.4 Å². The lowest BCUT2D eigenvalue weighted by Crippen LogP contribution is -2.43. The smallest absolute Gasteiger partial charge is 0.321 e. The highest BCUT2D eigenvalue weighted by atomic mass is 16.4. The van der Waals surface area contributed by atoms with Crippen LogP contribution in [-0.4, -0.2) is 22.0 Å². The molecule has 0 aromatic heterocycles. The van der Waals surface area contributed by atoms with Gasteiger partial charge in [-0.2, -0.15) is 0 Å². The van der Waals surface area contributed by atoms with Crippen molar-refractivity contribution in [2.24, 2.45) is 5.92 Å². The fourth-order valence-electron chi connectivity index (χ4n) is 2.75. The van der Waals surface area contributed by atoms with Gasteiger partial charge in [0.15, 0.2) is 0 Å². The largest absolute Gasteiger partial charge is 0.480 e. The summed E-state index contributed by atoms with van der Waals surface area (Å²) in [6.45, 7) is 5.18. The first-order valence-corrected chi connectivity index (χ1v) is 7.62. The summed E-state index contributed by atoms with van der Waals surface area (Å²) in [4.78, 5) is 13.8. The fraction of sp³-hybridized carbons (Fsp3) is 0.316. The standard InChI is InChI=1S/C19H23NO2/c1-15(2)18(19(21)22)20(13-16-9-5-3-6-10-16)14-17-11-7-4-8-12-17/h3-12,15,18H,13-14H2,1-2H3,(H,21,22)/t18-/m0/s1. The summed E-state index contributed by atoms with van der Waals surface area (Å²) in [6.07, 6.45) is 0. The summed E-state index contributed by atoms with van der Waals surface area (Å²) in [5, 5.41) is 9.63. The minimum atomic E-state index is -0.762. The third kappa shape index (κ3) is 4.43. The predicted octanol–water partition coefficient (Wildman–Crippen LogP) is 3.80. The van der Waals surface area contributed by atoms with Gasteiger partial charge in [-0.15, -0.1) is 0 Å². The summed E-state index contributed by atoms with van der Waals surface area (Å²) >= 11 is 0. The van der Waals surface area contributed by atoms with Gasteiger partial charge in [-0.05, 0) is 17.0 Å². The zero-order valence-electron chi connectivity index (χ0n) is 13.1. The van der Waals surface area contributed by atoms with Crippen LogP contribution in [0.15, 0.2) is 60.7 Å². The van der Waals surface area contributed by atoms with Crippen LogP contribution in [0, 0.1) is 5.92 Å². The molecule has 0 aliphatic heterocycles. The van der Waals surface area contributed by atoms with Gasteiger partial charge < -0.3 is 5.11 Å². The van der Waals surface area contributed by atoms with Crippen molar-refractivity contribution in [2.75, 3.05) is 0 Å². The highest BCUT2D eigenvalue weighted by molar-refractivity contribution is 5.73. The van der Waals surface area contributed by atoms with Gasteiger partial charge in [0, 0.05) is 13.1 Å². The van der Waals surface area contributed by atoms with Crippen molar-refractivity contribution in [1.82, 2.24) is 4.90 Å². The van der Waals surface area contributed by atoms with E-state index in [2.05, 4.69) is 0 Å². The van der Waals surface area contributed by atoms with Crippen LogP contribution in [-0.2, 0) is 17.9 Å². The Bertz CT molecular complexity index is 539. The van der Waals surface area contributed by atoms with E-state index in [1.165, 1.54) is 0 Å². The maximum atomic E-state index is 11.7. The van der Waals surface area contributed by atoms with E-state index in [1.54, 1.807) is 0 Å². The van der Waals surface area contributed by atoms with Crippen LogP contribution in [0.1, 0.15) is 25.0 Å². The van der Waals surface area contributed by atoms with E-state index >= 15 is 0 Å². The molecule has 2 aromatic carbocycles. The van der Waals surface area contributed by atoms with E-state index in [4.69, 9.17) is 0 Å². The molecule has 116 valence electrons. The number of rotatable bonds is 7. The summed E-state index contributed by atoms with van der Waals surface area (Å²) in [5.41, 5.74) is 2.26. The van der Waals surface area contributed by atoms with E-state index < -0.39 is 12.0 Å².